The van der Waals surface area contributed by atoms with Gasteiger partial charge in [-0.25, -0.2) is 0 Å². The normalized spacial score (nSPS) is 32.4. The summed E-state index contributed by atoms with van der Waals surface area (Å²) in [5.74, 6) is 2.97. The molecule has 174 valence electrons. The van der Waals surface area contributed by atoms with E-state index >= 15 is 0 Å². The lowest BCUT2D eigenvalue weighted by molar-refractivity contribution is -0.106. The van der Waals surface area contributed by atoms with Gasteiger partial charge in [-0.1, -0.05) is 26.0 Å². The molecular weight excluding hydrogens is 503 g/mol. The number of methoxy groups -OCH3 is 1. The summed E-state index contributed by atoms with van der Waals surface area (Å²) in [5, 5.41) is 7.36. The maximum Gasteiger partial charge on any atom is 0.191 e. The highest BCUT2D eigenvalue weighted by Crippen LogP contribution is 2.52. The molecule has 7 heteroatoms. The van der Waals surface area contributed by atoms with Gasteiger partial charge in [-0.3, -0.25) is 9.89 Å². The summed E-state index contributed by atoms with van der Waals surface area (Å²) in [6, 6.07) is 9.39. The Hall–Kier alpha value is -1.06. The number of rotatable bonds is 5. The Morgan fingerprint density at radius 3 is 2.68 bits per heavy atom. The van der Waals surface area contributed by atoms with Crippen LogP contribution < -0.4 is 15.4 Å². The fourth-order valence-corrected chi connectivity index (χ4v) is 5.99. The van der Waals surface area contributed by atoms with Gasteiger partial charge >= 0.3 is 0 Å². The van der Waals surface area contributed by atoms with Crippen molar-refractivity contribution in [2.24, 2.45) is 22.2 Å². The average Bonchev–Trinajstić information content (AvgIpc) is 3.21. The zero-order valence-electron chi connectivity index (χ0n) is 19.6. The first-order chi connectivity index (χ1) is 14.5. The summed E-state index contributed by atoms with van der Waals surface area (Å²) in [6.45, 7) is 7.55. The Morgan fingerprint density at radius 1 is 1.26 bits per heavy atom. The molecule has 0 bridgehead atoms. The molecule has 0 aromatic heterocycles. The summed E-state index contributed by atoms with van der Waals surface area (Å²) in [7, 11) is 5.83. The third-order valence-corrected chi connectivity index (χ3v) is 7.61. The Morgan fingerprint density at radius 2 is 2.00 bits per heavy atom. The summed E-state index contributed by atoms with van der Waals surface area (Å²) < 4.78 is 11.3. The quantitative estimate of drug-likeness (QED) is 0.338. The molecule has 1 aromatic carbocycles. The molecule has 0 spiro atoms. The van der Waals surface area contributed by atoms with Crippen molar-refractivity contribution in [1.82, 2.24) is 15.5 Å². The van der Waals surface area contributed by atoms with Gasteiger partial charge in [0, 0.05) is 43.6 Å². The summed E-state index contributed by atoms with van der Waals surface area (Å²) in [4.78, 5) is 7.03. The molecule has 3 fully saturated rings. The first-order valence-corrected chi connectivity index (χ1v) is 11.4. The van der Waals surface area contributed by atoms with Crippen LogP contribution in [0.25, 0.3) is 0 Å². The van der Waals surface area contributed by atoms with Gasteiger partial charge in [0.2, 0.25) is 0 Å². The van der Waals surface area contributed by atoms with Crippen molar-refractivity contribution in [3.63, 3.8) is 0 Å². The van der Waals surface area contributed by atoms with Gasteiger partial charge in [0.25, 0.3) is 0 Å². The van der Waals surface area contributed by atoms with E-state index < -0.39 is 0 Å². The number of piperidine rings is 1. The smallest absolute Gasteiger partial charge is 0.191 e. The molecule has 1 aliphatic carbocycles. The maximum atomic E-state index is 5.94. The van der Waals surface area contributed by atoms with Crippen molar-refractivity contribution in [2.45, 2.75) is 51.3 Å². The van der Waals surface area contributed by atoms with Gasteiger partial charge in [-0.15, -0.1) is 24.0 Å². The lowest BCUT2D eigenvalue weighted by atomic mass is 9.57. The van der Waals surface area contributed by atoms with Crippen LogP contribution in [0.2, 0.25) is 0 Å². The number of halogens is 1. The van der Waals surface area contributed by atoms with Crippen LogP contribution >= 0.6 is 24.0 Å². The van der Waals surface area contributed by atoms with E-state index in [-0.39, 0.29) is 29.4 Å². The molecule has 2 aliphatic heterocycles. The fraction of sp³-hybridized carbons (Fsp3) is 0.708. The number of fused-ring (bicyclic) bond motifs is 1. The minimum Gasteiger partial charge on any atom is -0.497 e. The van der Waals surface area contributed by atoms with E-state index in [2.05, 4.69) is 65.7 Å². The van der Waals surface area contributed by atoms with E-state index in [0.717, 1.165) is 37.8 Å². The topological polar surface area (TPSA) is 58.1 Å². The van der Waals surface area contributed by atoms with Crippen LogP contribution in [-0.4, -0.2) is 63.9 Å². The number of nitrogens with zero attached hydrogens (tertiary/aromatic N) is 2. The molecule has 2 N–H and O–H groups in total. The van der Waals surface area contributed by atoms with Crippen molar-refractivity contribution in [3.8, 4) is 5.75 Å². The van der Waals surface area contributed by atoms with E-state index in [1.54, 1.807) is 7.11 Å². The first-order valence-electron chi connectivity index (χ1n) is 11.4. The zero-order valence-corrected chi connectivity index (χ0v) is 21.9. The first kappa shape index (κ1) is 24.6. The average molecular weight is 543 g/mol. The Kier molecular flexibility index (Phi) is 8.13. The van der Waals surface area contributed by atoms with Crippen molar-refractivity contribution >= 4 is 29.9 Å². The van der Waals surface area contributed by atoms with Gasteiger partial charge in [-0.2, -0.15) is 0 Å². The molecule has 1 aromatic rings. The number of aliphatic imine (C=N–C) groups is 1. The molecule has 4 rings (SSSR count). The number of ether oxygens (including phenoxy) is 2. The molecule has 3 aliphatic rings. The van der Waals surface area contributed by atoms with Crippen LogP contribution in [0.4, 0.5) is 0 Å². The van der Waals surface area contributed by atoms with Gasteiger partial charge in [0.1, 0.15) is 5.75 Å². The molecule has 2 heterocycles. The van der Waals surface area contributed by atoms with E-state index in [9.17, 15) is 0 Å². The monoisotopic (exact) mass is 542 g/mol. The summed E-state index contributed by atoms with van der Waals surface area (Å²) >= 11 is 0. The molecule has 0 amide bonds. The number of hydrogen-bond donors (Lipinski definition) is 2. The minimum absolute atomic E-state index is 0. The van der Waals surface area contributed by atoms with Crippen molar-refractivity contribution < 1.29 is 9.47 Å². The van der Waals surface area contributed by atoms with Crippen LogP contribution in [0.15, 0.2) is 29.3 Å². The fourth-order valence-electron chi connectivity index (χ4n) is 5.99. The van der Waals surface area contributed by atoms with Crippen LogP contribution in [-0.2, 0) is 4.74 Å². The van der Waals surface area contributed by atoms with Gasteiger partial charge in [0.15, 0.2) is 5.96 Å². The Bertz CT molecular complexity index is 754. The second-order valence-electron chi connectivity index (χ2n) is 9.74. The lowest BCUT2D eigenvalue weighted by Gasteiger charge is -2.55. The highest BCUT2D eigenvalue weighted by molar-refractivity contribution is 14.0. The third-order valence-electron chi connectivity index (χ3n) is 7.61. The summed E-state index contributed by atoms with van der Waals surface area (Å²) in [5.41, 5.74) is 1.51. The predicted octanol–water partition coefficient (Wildman–Crippen LogP) is 3.67. The SMILES string of the molecule is CN=C(NCC1CCCN(C)C1c1ccc(OC)cc1)NC1C2CCOC2C1(C)C.I. The van der Waals surface area contributed by atoms with E-state index in [0.29, 0.717) is 30.0 Å². The van der Waals surface area contributed by atoms with Gasteiger partial charge in [-0.05, 0) is 56.5 Å². The van der Waals surface area contributed by atoms with E-state index in [1.807, 2.05) is 7.05 Å². The second kappa shape index (κ2) is 10.3. The Balaban J connectivity index is 0.00000272. The number of benzene rings is 1. The summed E-state index contributed by atoms with van der Waals surface area (Å²) in [6.07, 6.45) is 3.99. The molecule has 2 saturated heterocycles. The van der Waals surface area contributed by atoms with Crippen molar-refractivity contribution in [1.29, 1.82) is 0 Å². The number of likely N-dealkylation sites (tertiary alicyclic amines) is 1. The van der Waals surface area contributed by atoms with Crippen molar-refractivity contribution in [2.75, 3.05) is 40.9 Å². The minimum atomic E-state index is 0. The molecule has 5 unspecified atom stereocenters. The predicted molar refractivity (Wildman–Crippen MR) is 136 cm³/mol. The standard InChI is InChI=1S/C24H38N4O2.HI/c1-24(2)21(19-12-14-30-22(19)24)27-23(25-3)26-15-17-7-6-13-28(4)20(17)16-8-10-18(29-5)11-9-16;/h8-11,17,19-22H,6-7,12-15H2,1-5H3,(H2,25,26,27);1H. The van der Waals surface area contributed by atoms with E-state index in [1.165, 1.54) is 18.4 Å². The van der Waals surface area contributed by atoms with E-state index in [4.69, 9.17) is 9.47 Å². The Labute approximate surface area is 204 Å². The van der Waals surface area contributed by atoms with Crippen LogP contribution in [0, 0.1) is 17.3 Å². The number of guanidine groups is 1. The highest BCUT2D eigenvalue weighted by Gasteiger charge is 2.59. The van der Waals surface area contributed by atoms with Crippen LogP contribution in [0.3, 0.4) is 0 Å². The highest BCUT2D eigenvalue weighted by atomic mass is 127. The van der Waals surface area contributed by atoms with Crippen molar-refractivity contribution in [3.05, 3.63) is 29.8 Å². The lowest BCUT2D eigenvalue weighted by Crippen LogP contribution is -2.68. The van der Waals surface area contributed by atoms with Crippen LogP contribution in [0.1, 0.15) is 44.7 Å². The van der Waals surface area contributed by atoms with Crippen LogP contribution in [0.5, 0.6) is 5.75 Å². The molecule has 31 heavy (non-hydrogen) atoms. The van der Waals surface area contributed by atoms with Gasteiger partial charge < -0.3 is 20.1 Å². The molecule has 1 saturated carbocycles. The molecule has 0 radical (unpaired) electrons. The molecule has 6 nitrogen and oxygen atoms in total. The van der Waals surface area contributed by atoms with Gasteiger partial charge in [0.05, 0.1) is 13.2 Å². The maximum absolute atomic E-state index is 5.94. The number of hydrogen-bond acceptors (Lipinski definition) is 4. The number of nitrogens with one attached hydrogen (secondary N) is 2. The molecule has 5 atom stereocenters. The third kappa shape index (κ3) is 4.83. The molecular formula is C24H39IN4O2. The second-order valence-corrected chi connectivity index (χ2v) is 9.74. The largest absolute Gasteiger partial charge is 0.497 e. The zero-order chi connectivity index (χ0) is 21.3.